The Balaban J connectivity index is 2.38. The standard InChI is InChI=1S/C12H21N3O2S/c1-3-4-11-15(2)18(16,17)14-10-8-12-7-5-6-9-13-12/h5-7,9,14H,3-4,8,10-11H2,1-2H3. The molecule has 0 amide bonds. The van der Waals surface area contributed by atoms with E-state index in [-0.39, 0.29) is 0 Å². The predicted molar refractivity (Wildman–Crippen MR) is 72.4 cm³/mol. The lowest BCUT2D eigenvalue weighted by Crippen LogP contribution is -2.39. The van der Waals surface area contributed by atoms with Crippen LogP contribution in [0.3, 0.4) is 0 Å². The molecule has 0 radical (unpaired) electrons. The molecule has 0 spiro atoms. The van der Waals surface area contributed by atoms with Crippen LogP contribution in [0, 0.1) is 0 Å². The molecular formula is C12H21N3O2S. The highest BCUT2D eigenvalue weighted by molar-refractivity contribution is 7.87. The van der Waals surface area contributed by atoms with Crippen molar-refractivity contribution in [3.63, 3.8) is 0 Å². The largest absolute Gasteiger partial charge is 0.279 e. The minimum Gasteiger partial charge on any atom is -0.261 e. The second kappa shape index (κ2) is 7.45. The van der Waals surface area contributed by atoms with Crippen molar-refractivity contribution in [1.29, 1.82) is 0 Å². The maximum absolute atomic E-state index is 11.8. The van der Waals surface area contributed by atoms with Gasteiger partial charge in [0.25, 0.3) is 10.2 Å². The summed E-state index contributed by atoms with van der Waals surface area (Å²) >= 11 is 0. The molecule has 0 aromatic carbocycles. The highest BCUT2D eigenvalue weighted by Crippen LogP contribution is 1.99. The summed E-state index contributed by atoms with van der Waals surface area (Å²) in [6.45, 7) is 2.96. The fourth-order valence-corrected chi connectivity index (χ4v) is 2.42. The normalized spacial score (nSPS) is 11.9. The first-order valence-corrected chi connectivity index (χ1v) is 7.61. The first-order chi connectivity index (χ1) is 8.56. The molecule has 0 aliphatic rings. The van der Waals surface area contributed by atoms with Gasteiger partial charge in [-0.3, -0.25) is 4.98 Å². The van der Waals surface area contributed by atoms with Gasteiger partial charge in [-0.1, -0.05) is 19.4 Å². The van der Waals surface area contributed by atoms with E-state index in [2.05, 4.69) is 9.71 Å². The van der Waals surface area contributed by atoms with Gasteiger partial charge in [0.15, 0.2) is 0 Å². The van der Waals surface area contributed by atoms with Gasteiger partial charge in [-0.15, -0.1) is 0 Å². The first-order valence-electron chi connectivity index (χ1n) is 6.17. The summed E-state index contributed by atoms with van der Waals surface area (Å²) in [7, 11) is -1.75. The summed E-state index contributed by atoms with van der Waals surface area (Å²) in [5, 5.41) is 0. The van der Waals surface area contributed by atoms with Crippen LogP contribution in [0.25, 0.3) is 0 Å². The van der Waals surface area contributed by atoms with Crippen LogP contribution in [-0.2, 0) is 16.6 Å². The van der Waals surface area contributed by atoms with E-state index in [1.54, 1.807) is 13.2 Å². The van der Waals surface area contributed by atoms with Crippen LogP contribution in [0.1, 0.15) is 25.5 Å². The van der Waals surface area contributed by atoms with E-state index in [9.17, 15) is 8.42 Å². The van der Waals surface area contributed by atoms with Gasteiger partial charge in [-0.25, -0.2) is 4.72 Å². The van der Waals surface area contributed by atoms with Crippen LogP contribution in [0.4, 0.5) is 0 Å². The van der Waals surface area contributed by atoms with E-state index < -0.39 is 10.2 Å². The van der Waals surface area contributed by atoms with Gasteiger partial charge in [0.05, 0.1) is 0 Å². The molecule has 0 unspecified atom stereocenters. The lowest BCUT2D eigenvalue weighted by atomic mass is 10.3. The molecule has 5 nitrogen and oxygen atoms in total. The number of pyridine rings is 1. The summed E-state index contributed by atoms with van der Waals surface area (Å²) in [6.07, 6.45) is 4.16. The molecule has 1 aromatic heterocycles. The Kier molecular flexibility index (Phi) is 6.24. The molecule has 1 aromatic rings. The number of unbranched alkanes of at least 4 members (excludes halogenated alkanes) is 1. The number of nitrogens with zero attached hydrogens (tertiary/aromatic N) is 2. The minimum atomic E-state index is -3.35. The third-order valence-electron chi connectivity index (χ3n) is 2.63. The molecule has 6 heteroatoms. The summed E-state index contributed by atoms with van der Waals surface area (Å²) < 4.78 is 27.6. The summed E-state index contributed by atoms with van der Waals surface area (Å²) in [5.74, 6) is 0. The number of rotatable bonds is 8. The topological polar surface area (TPSA) is 62.3 Å². The number of aromatic nitrogens is 1. The van der Waals surface area contributed by atoms with Gasteiger partial charge < -0.3 is 0 Å². The lowest BCUT2D eigenvalue weighted by molar-refractivity contribution is 0.449. The summed E-state index contributed by atoms with van der Waals surface area (Å²) in [4.78, 5) is 4.14. The van der Waals surface area contributed by atoms with Crippen LogP contribution in [0.2, 0.25) is 0 Å². The van der Waals surface area contributed by atoms with Crippen LogP contribution in [0.15, 0.2) is 24.4 Å². The molecule has 0 saturated heterocycles. The zero-order chi connectivity index (χ0) is 13.4. The molecular weight excluding hydrogens is 250 g/mol. The highest BCUT2D eigenvalue weighted by Gasteiger charge is 2.15. The van der Waals surface area contributed by atoms with Gasteiger partial charge >= 0.3 is 0 Å². The van der Waals surface area contributed by atoms with Crippen molar-refractivity contribution in [2.45, 2.75) is 26.2 Å². The average Bonchev–Trinajstić information content (AvgIpc) is 2.37. The van der Waals surface area contributed by atoms with E-state index in [4.69, 9.17) is 0 Å². The van der Waals surface area contributed by atoms with Crippen molar-refractivity contribution < 1.29 is 8.42 Å². The molecule has 0 saturated carbocycles. The molecule has 18 heavy (non-hydrogen) atoms. The summed E-state index contributed by atoms with van der Waals surface area (Å²) in [5.41, 5.74) is 0.886. The minimum absolute atomic E-state index is 0.371. The zero-order valence-electron chi connectivity index (χ0n) is 11.0. The van der Waals surface area contributed by atoms with Gasteiger partial charge in [-0.05, 0) is 18.6 Å². The van der Waals surface area contributed by atoms with Gasteiger partial charge in [0.2, 0.25) is 0 Å². The van der Waals surface area contributed by atoms with E-state index in [0.717, 1.165) is 18.5 Å². The van der Waals surface area contributed by atoms with Crippen molar-refractivity contribution in [2.75, 3.05) is 20.1 Å². The van der Waals surface area contributed by atoms with Gasteiger partial charge in [0, 0.05) is 38.4 Å². The van der Waals surface area contributed by atoms with Gasteiger partial charge in [-0.2, -0.15) is 12.7 Å². The summed E-state index contributed by atoms with van der Waals surface area (Å²) in [6, 6.07) is 5.62. The Hall–Kier alpha value is -0.980. The van der Waals surface area contributed by atoms with Crippen molar-refractivity contribution in [2.24, 2.45) is 0 Å². The SMILES string of the molecule is CCCCN(C)S(=O)(=O)NCCc1ccccn1. The van der Waals surface area contributed by atoms with E-state index in [1.807, 2.05) is 25.1 Å². The van der Waals surface area contributed by atoms with E-state index >= 15 is 0 Å². The average molecular weight is 271 g/mol. The maximum atomic E-state index is 11.8. The second-order valence-corrected chi connectivity index (χ2v) is 6.01. The lowest BCUT2D eigenvalue weighted by Gasteiger charge is -2.17. The van der Waals surface area contributed by atoms with Crippen molar-refractivity contribution in [1.82, 2.24) is 14.0 Å². The molecule has 1 N–H and O–H groups in total. The Morgan fingerprint density at radius 1 is 1.39 bits per heavy atom. The third-order valence-corrected chi connectivity index (χ3v) is 4.20. The number of hydrogen-bond donors (Lipinski definition) is 1. The highest BCUT2D eigenvalue weighted by atomic mass is 32.2. The molecule has 1 rings (SSSR count). The van der Waals surface area contributed by atoms with Crippen molar-refractivity contribution >= 4 is 10.2 Å². The van der Waals surface area contributed by atoms with Crippen LogP contribution >= 0.6 is 0 Å². The maximum Gasteiger partial charge on any atom is 0.279 e. The molecule has 0 atom stereocenters. The van der Waals surface area contributed by atoms with Crippen molar-refractivity contribution in [3.05, 3.63) is 30.1 Å². The molecule has 102 valence electrons. The molecule has 1 heterocycles. The van der Waals surface area contributed by atoms with Gasteiger partial charge in [0.1, 0.15) is 0 Å². The number of hydrogen-bond acceptors (Lipinski definition) is 3. The Bertz CT molecular complexity index is 434. The molecule has 0 aliphatic carbocycles. The molecule has 0 fully saturated rings. The Morgan fingerprint density at radius 3 is 2.78 bits per heavy atom. The monoisotopic (exact) mass is 271 g/mol. The Morgan fingerprint density at radius 2 is 2.17 bits per heavy atom. The number of nitrogens with one attached hydrogen (secondary N) is 1. The van der Waals surface area contributed by atoms with Crippen LogP contribution < -0.4 is 4.72 Å². The first kappa shape index (κ1) is 15.1. The van der Waals surface area contributed by atoms with E-state index in [0.29, 0.717) is 19.5 Å². The zero-order valence-corrected chi connectivity index (χ0v) is 11.8. The fraction of sp³-hybridized carbons (Fsp3) is 0.583. The Labute approximate surface area is 109 Å². The predicted octanol–water partition coefficient (Wildman–Crippen LogP) is 1.19. The van der Waals surface area contributed by atoms with Crippen LogP contribution in [-0.4, -0.2) is 37.8 Å². The van der Waals surface area contributed by atoms with E-state index in [1.165, 1.54) is 4.31 Å². The van der Waals surface area contributed by atoms with Crippen LogP contribution in [0.5, 0.6) is 0 Å². The molecule has 0 aliphatic heterocycles. The molecule has 0 bridgehead atoms. The van der Waals surface area contributed by atoms with Crippen molar-refractivity contribution in [3.8, 4) is 0 Å². The smallest absolute Gasteiger partial charge is 0.261 e. The third kappa shape index (κ3) is 5.12. The quantitative estimate of drug-likeness (QED) is 0.772. The fourth-order valence-electron chi connectivity index (χ4n) is 1.47. The second-order valence-electron chi connectivity index (χ2n) is 4.15.